The Labute approximate surface area is 162 Å². The molecule has 0 unspecified atom stereocenters. The van der Waals surface area contributed by atoms with Crippen LogP contribution in [0.5, 0.6) is 0 Å². The number of hydrogen-bond donors (Lipinski definition) is 2. The highest BCUT2D eigenvalue weighted by atomic mass is 32.2. The Kier molecular flexibility index (Phi) is 5.59. The van der Waals surface area contributed by atoms with E-state index in [0.717, 1.165) is 11.8 Å². The van der Waals surface area contributed by atoms with Crippen LogP contribution in [0, 0.1) is 6.92 Å². The fourth-order valence-electron chi connectivity index (χ4n) is 2.38. The van der Waals surface area contributed by atoms with Gasteiger partial charge in [-0.15, -0.1) is 5.10 Å². The summed E-state index contributed by atoms with van der Waals surface area (Å²) in [6.07, 6.45) is 3.26. The van der Waals surface area contributed by atoms with Crippen molar-refractivity contribution in [3.63, 3.8) is 0 Å². The first kappa shape index (κ1) is 19.4. The smallest absolute Gasteiger partial charge is 0.342 e. The number of furan rings is 1. The fraction of sp³-hybridized carbons (Fsp3) is 0.250. The Bertz CT molecular complexity index is 1030. The lowest BCUT2D eigenvalue weighted by Crippen LogP contribution is -2.21. The highest BCUT2D eigenvalue weighted by Gasteiger charge is 2.29. The molecule has 0 aliphatic heterocycles. The van der Waals surface area contributed by atoms with Crippen molar-refractivity contribution in [3.05, 3.63) is 35.3 Å². The Hall–Kier alpha value is -3.41. The van der Waals surface area contributed by atoms with E-state index in [2.05, 4.69) is 20.4 Å². The summed E-state index contributed by atoms with van der Waals surface area (Å²) in [6.45, 7) is 3.21. The maximum absolute atomic E-state index is 12.3. The molecule has 0 spiro atoms. The lowest BCUT2D eigenvalue weighted by atomic mass is 10.1. The van der Waals surface area contributed by atoms with Gasteiger partial charge in [0.25, 0.3) is 11.7 Å². The van der Waals surface area contributed by atoms with E-state index in [1.165, 1.54) is 11.4 Å². The number of thioether (sulfide) groups is 1. The molecular weight excluding hydrogens is 388 g/mol. The predicted molar refractivity (Wildman–Crippen MR) is 98.1 cm³/mol. The van der Waals surface area contributed by atoms with Crippen LogP contribution in [0.1, 0.15) is 33.4 Å². The molecule has 0 aliphatic rings. The molecule has 3 aromatic rings. The average molecular weight is 404 g/mol. The van der Waals surface area contributed by atoms with Crippen LogP contribution < -0.4 is 11.1 Å². The van der Waals surface area contributed by atoms with E-state index in [9.17, 15) is 14.4 Å². The molecule has 3 N–H and O–H groups in total. The van der Waals surface area contributed by atoms with Gasteiger partial charge in [-0.25, -0.2) is 14.3 Å². The standard InChI is InChI=1S/C16H16N6O5S/c1-3-26-14(25)10-8(2)27-13(11(10)12(17)24)19-9(23)7-28-16-20-15-18-5-4-6-22(15)21-16/h4-6H,3,7H2,1-2H3,(H2,17,24)(H,19,23). The third kappa shape index (κ3) is 3.96. The third-order valence-electron chi connectivity index (χ3n) is 3.49. The molecule has 0 aliphatic carbocycles. The van der Waals surface area contributed by atoms with Gasteiger partial charge in [-0.2, -0.15) is 4.98 Å². The number of primary amides is 1. The molecule has 0 aromatic carbocycles. The minimum absolute atomic E-state index is 0.0659. The van der Waals surface area contributed by atoms with Crippen molar-refractivity contribution < 1.29 is 23.5 Å². The number of hydrogen-bond acceptors (Lipinski definition) is 9. The normalized spacial score (nSPS) is 10.8. The van der Waals surface area contributed by atoms with Crippen LogP contribution in [0.3, 0.4) is 0 Å². The molecule has 0 saturated heterocycles. The van der Waals surface area contributed by atoms with E-state index >= 15 is 0 Å². The van der Waals surface area contributed by atoms with Gasteiger partial charge in [0.2, 0.25) is 16.9 Å². The molecule has 3 aromatic heterocycles. The monoisotopic (exact) mass is 404 g/mol. The zero-order chi connectivity index (χ0) is 20.3. The highest BCUT2D eigenvalue weighted by Crippen LogP contribution is 2.28. The maximum Gasteiger partial charge on any atom is 0.342 e. The average Bonchev–Trinajstić information content (AvgIpc) is 3.20. The van der Waals surface area contributed by atoms with Crippen molar-refractivity contribution in [2.45, 2.75) is 19.0 Å². The van der Waals surface area contributed by atoms with Gasteiger partial charge in [0.15, 0.2) is 0 Å². The van der Waals surface area contributed by atoms with Gasteiger partial charge in [0.1, 0.15) is 16.9 Å². The summed E-state index contributed by atoms with van der Waals surface area (Å²) in [5.74, 6) is -1.93. The first-order valence-corrected chi connectivity index (χ1v) is 9.09. The second kappa shape index (κ2) is 8.08. The molecule has 0 atom stereocenters. The predicted octanol–water partition coefficient (Wildman–Crippen LogP) is 1.03. The Morgan fingerprint density at radius 2 is 2.14 bits per heavy atom. The summed E-state index contributed by atoms with van der Waals surface area (Å²) in [6, 6.07) is 1.70. The van der Waals surface area contributed by atoms with Gasteiger partial charge in [-0.1, -0.05) is 11.8 Å². The molecule has 28 heavy (non-hydrogen) atoms. The molecule has 2 amide bonds. The number of nitrogens with two attached hydrogens (primary N) is 1. The molecule has 0 radical (unpaired) electrons. The lowest BCUT2D eigenvalue weighted by Gasteiger charge is -2.04. The van der Waals surface area contributed by atoms with E-state index in [1.807, 2.05) is 0 Å². The number of carbonyl (C=O) groups is 3. The zero-order valence-corrected chi connectivity index (χ0v) is 15.8. The summed E-state index contributed by atoms with van der Waals surface area (Å²) in [5, 5.41) is 6.96. The van der Waals surface area contributed by atoms with Gasteiger partial charge in [0, 0.05) is 12.4 Å². The number of anilines is 1. The summed E-state index contributed by atoms with van der Waals surface area (Å²) in [5.41, 5.74) is 5.02. The SMILES string of the molecule is CCOC(=O)c1c(C)oc(NC(=O)CSc2nc3ncccn3n2)c1C(N)=O. The Morgan fingerprint density at radius 3 is 2.82 bits per heavy atom. The van der Waals surface area contributed by atoms with Crippen LogP contribution in [0.25, 0.3) is 5.78 Å². The highest BCUT2D eigenvalue weighted by molar-refractivity contribution is 7.99. The van der Waals surface area contributed by atoms with Crippen LogP contribution in [0.15, 0.2) is 28.0 Å². The minimum Gasteiger partial charge on any atom is -0.462 e. The number of aryl methyl sites for hydroxylation is 1. The number of carbonyl (C=O) groups excluding carboxylic acids is 3. The first-order valence-electron chi connectivity index (χ1n) is 8.11. The molecule has 12 heteroatoms. The molecule has 146 valence electrons. The van der Waals surface area contributed by atoms with Crippen LogP contribution >= 0.6 is 11.8 Å². The molecule has 0 saturated carbocycles. The molecule has 3 heterocycles. The Morgan fingerprint density at radius 1 is 1.36 bits per heavy atom. The van der Waals surface area contributed by atoms with Crippen molar-refractivity contribution in [3.8, 4) is 0 Å². The largest absolute Gasteiger partial charge is 0.462 e. The number of amides is 2. The van der Waals surface area contributed by atoms with Crippen molar-refractivity contribution in [2.24, 2.45) is 5.73 Å². The summed E-state index contributed by atoms with van der Waals surface area (Å²) in [4.78, 5) is 44.3. The van der Waals surface area contributed by atoms with E-state index < -0.39 is 17.8 Å². The van der Waals surface area contributed by atoms with Crippen LogP contribution in [0.2, 0.25) is 0 Å². The number of nitrogens with zero attached hydrogens (tertiary/aromatic N) is 4. The Balaban J connectivity index is 1.73. The second-order valence-corrected chi connectivity index (χ2v) is 6.36. The molecule has 0 fully saturated rings. The lowest BCUT2D eigenvalue weighted by molar-refractivity contribution is -0.113. The fourth-order valence-corrected chi connectivity index (χ4v) is 3.01. The molecular formula is C16H16N6O5S. The van der Waals surface area contributed by atoms with Crippen molar-refractivity contribution in [2.75, 3.05) is 17.7 Å². The van der Waals surface area contributed by atoms with Crippen LogP contribution in [-0.4, -0.2) is 49.7 Å². The van der Waals surface area contributed by atoms with Crippen molar-refractivity contribution >= 4 is 41.2 Å². The summed E-state index contributed by atoms with van der Waals surface area (Å²) in [7, 11) is 0. The second-order valence-electron chi connectivity index (χ2n) is 5.42. The number of ether oxygens (including phenoxy) is 1. The number of rotatable bonds is 7. The molecule has 3 rings (SSSR count). The summed E-state index contributed by atoms with van der Waals surface area (Å²) >= 11 is 1.07. The third-order valence-corrected chi connectivity index (χ3v) is 4.33. The first-order chi connectivity index (χ1) is 13.4. The van der Waals surface area contributed by atoms with Gasteiger partial charge in [-0.05, 0) is 19.9 Å². The number of fused-ring (bicyclic) bond motifs is 1. The molecule has 0 bridgehead atoms. The van der Waals surface area contributed by atoms with Gasteiger partial charge in [0.05, 0.1) is 12.4 Å². The zero-order valence-electron chi connectivity index (χ0n) is 15.0. The van der Waals surface area contributed by atoms with Gasteiger partial charge in [-0.3, -0.25) is 14.9 Å². The maximum atomic E-state index is 12.3. The van der Waals surface area contributed by atoms with E-state index in [4.69, 9.17) is 14.9 Å². The number of esters is 1. The summed E-state index contributed by atoms with van der Waals surface area (Å²) < 4.78 is 11.7. The van der Waals surface area contributed by atoms with Gasteiger partial charge < -0.3 is 14.9 Å². The minimum atomic E-state index is -0.920. The number of aromatic nitrogens is 4. The topological polar surface area (TPSA) is 155 Å². The van der Waals surface area contributed by atoms with E-state index in [0.29, 0.717) is 10.9 Å². The van der Waals surface area contributed by atoms with Crippen LogP contribution in [-0.2, 0) is 9.53 Å². The molecule has 11 nitrogen and oxygen atoms in total. The van der Waals surface area contributed by atoms with Crippen molar-refractivity contribution in [1.82, 2.24) is 19.6 Å². The quantitative estimate of drug-likeness (QED) is 0.434. The number of nitrogens with one attached hydrogen (secondary N) is 1. The van der Waals surface area contributed by atoms with E-state index in [1.54, 1.807) is 25.4 Å². The van der Waals surface area contributed by atoms with Crippen molar-refractivity contribution in [1.29, 1.82) is 0 Å². The van der Waals surface area contributed by atoms with Crippen LogP contribution in [0.4, 0.5) is 5.88 Å². The van der Waals surface area contributed by atoms with Gasteiger partial charge >= 0.3 is 5.97 Å². The van der Waals surface area contributed by atoms with E-state index in [-0.39, 0.29) is 35.1 Å².